The van der Waals surface area contributed by atoms with E-state index in [0.717, 1.165) is 18.2 Å². The van der Waals surface area contributed by atoms with Crippen molar-refractivity contribution >= 4 is 22.1 Å². The molecular weight excluding hydrogens is 222 g/mol. The van der Waals surface area contributed by atoms with Gasteiger partial charge in [-0.25, -0.2) is 9.59 Å². The minimum Gasteiger partial charge on any atom is -0.478 e. The van der Waals surface area contributed by atoms with Crippen molar-refractivity contribution in [3.8, 4) is 0 Å². The molecule has 15 heavy (non-hydrogen) atoms. The number of nitrogens with zero attached hydrogens (tertiary/aromatic N) is 1. The number of hydrogen-bond donors (Lipinski definition) is 1. The first-order valence-corrected chi connectivity index (χ1v) is 5.09. The first kappa shape index (κ1) is 11.1. The highest BCUT2D eigenvalue weighted by Crippen LogP contribution is 2.17. The monoisotopic (exact) mass is 227 g/mol. The first-order valence-electron chi connectivity index (χ1n) is 3.65. The molecule has 1 N–H and O–H groups in total. The maximum Gasteiger partial charge on any atom is 0.337 e. The Hall–Kier alpha value is -1.98. The van der Waals surface area contributed by atoms with Crippen LogP contribution in [0, 0.1) is 0 Å². The van der Waals surface area contributed by atoms with Crippen molar-refractivity contribution in [2.45, 2.75) is 4.90 Å². The summed E-state index contributed by atoms with van der Waals surface area (Å²) in [4.78, 5) is 20.0. The number of rotatable bonds is 3. The summed E-state index contributed by atoms with van der Waals surface area (Å²) in [7, 11) is -4.27. The molecular formula is C8H5NO5S. The topological polar surface area (TPSA) is 101 Å². The number of hydrogen-bond acceptors (Lipinski definition) is 4. The summed E-state index contributed by atoms with van der Waals surface area (Å²) in [6.07, 6.45) is 0.867. The number of carboxylic acid groups (broad SMARTS) is 1. The molecule has 0 fully saturated rings. The van der Waals surface area contributed by atoms with Crippen molar-refractivity contribution in [3.05, 3.63) is 29.8 Å². The molecule has 0 radical (unpaired) electrons. The maximum absolute atomic E-state index is 11.3. The molecule has 0 aliphatic rings. The highest BCUT2D eigenvalue weighted by Gasteiger charge is 2.20. The summed E-state index contributed by atoms with van der Waals surface area (Å²) in [5, 5.41) is 8.69. The average molecular weight is 227 g/mol. The van der Waals surface area contributed by atoms with Crippen LogP contribution in [0.3, 0.4) is 0 Å². The fourth-order valence-corrected chi connectivity index (χ4v) is 1.85. The summed E-state index contributed by atoms with van der Waals surface area (Å²) in [6.45, 7) is 0. The van der Waals surface area contributed by atoms with Gasteiger partial charge in [0.1, 0.15) is 4.90 Å². The van der Waals surface area contributed by atoms with Gasteiger partial charge in [0.25, 0.3) is 16.1 Å². The highest BCUT2D eigenvalue weighted by molar-refractivity contribution is 7.90. The van der Waals surface area contributed by atoms with Gasteiger partial charge in [0.15, 0.2) is 0 Å². The van der Waals surface area contributed by atoms with Crippen LogP contribution in [0.2, 0.25) is 0 Å². The Bertz CT molecular complexity index is 542. The molecule has 0 unspecified atom stereocenters. The van der Waals surface area contributed by atoms with Gasteiger partial charge in [-0.3, -0.25) is 0 Å². The van der Waals surface area contributed by atoms with Crippen molar-refractivity contribution in [3.63, 3.8) is 0 Å². The Morgan fingerprint density at radius 3 is 2.47 bits per heavy atom. The third-order valence-corrected chi connectivity index (χ3v) is 2.78. The Balaban J connectivity index is 3.51. The molecule has 6 nitrogen and oxygen atoms in total. The van der Waals surface area contributed by atoms with Gasteiger partial charge in [0, 0.05) is 0 Å². The van der Waals surface area contributed by atoms with Crippen LogP contribution < -0.4 is 0 Å². The highest BCUT2D eigenvalue weighted by atomic mass is 32.2. The van der Waals surface area contributed by atoms with E-state index in [-0.39, 0.29) is 0 Å². The molecule has 0 bridgehead atoms. The quantitative estimate of drug-likeness (QED) is 0.595. The third-order valence-electron chi connectivity index (χ3n) is 1.55. The normalized spacial score (nSPS) is 10.4. The van der Waals surface area contributed by atoms with Crippen LogP contribution in [0.15, 0.2) is 33.6 Å². The minimum absolute atomic E-state index is 0.434. The predicted octanol–water partition coefficient (Wildman–Crippen LogP) is 0.409. The molecule has 78 valence electrons. The van der Waals surface area contributed by atoms with Crippen LogP contribution in [-0.2, 0) is 14.8 Å². The van der Waals surface area contributed by atoms with E-state index in [0.29, 0.717) is 0 Å². The second-order valence-corrected chi connectivity index (χ2v) is 4.03. The van der Waals surface area contributed by atoms with E-state index in [1.807, 2.05) is 0 Å². The van der Waals surface area contributed by atoms with Crippen LogP contribution in [-0.4, -0.2) is 25.6 Å². The van der Waals surface area contributed by atoms with Gasteiger partial charge in [0.2, 0.25) is 0 Å². The number of carbonyl (C=O) groups excluding carboxylic acids is 1. The van der Waals surface area contributed by atoms with Gasteiger partial charge >= 0.3 is 5.97 Å². The Labute approximate surface area is 84.9 Å². The summed E-state index contributed by atoms with van der Waals surface area (Å²) >= 11 is 0. The molecule has 1 rings (SSSR count). The molecule has 7 heteroatoms. The zero-order chi connectivity index (χ0) is 11.5. The number of benzene rings is 1. The fraction of sp³-hybridized carbons (Fsp3) is 0. The van der Waals surface area contributed by atoms with Crippen LogP contribution in [0.1, 0.15) is 10.4 Å². The maximum atomic E-state index is 11.3. The van der Waals surface area contributed by atoms with E-state index in [1.165, 1.54) is 12.1 Å². The number of isocyanates is 1. The van der Waals surface area contributed by atoms with Crippen molar-refractivity contribution in [2.24, 2.45) is 4.40 Å². The standard InChI is InChI=1S/C8H5NO5S/c10-5-9-15(13,14)7-4-2-1-3-6(7)8(11)12/h1-4H,(H,11,12). The van der Waals surface area contributed by atoms with Gasteiger partial charge in [0.05, 0.1) is 5.56 Å². The number of carboxylic acids is 1. The Morgan fingerprint density at radius 1 is 1.33 bits per heavy atom. The Morgan fingerprint density at radius 2 is 1.93 bits per heavy atom. The van der Waals surface area contributed by atoms with Crippen LogP contribution in [0.4, 0.5) is 0 Å². The molecule has 0 aliphatic carbocycles. The van der Waals surface area contributed by atoms with E-state index in [2.05, 4.69) is 4.40 Å². The largest absolute Gasteiger partial charge is 0.478 e. The number of sulfonamides is 1. The van der Waals surface area contributed by atoms with Crippen molar-refractivity contribution < 1.29 is 23.1 Å². The van der Waals surface area contributed by atoms with Crippen LogP contribution >= 0.6 is 0 Å². The molecule has 0 amide bonds. The van der Waals surface area contributed by atoms with Crippen LogP contribution in [0.5, 0.6) is 0 Å². The van der Waals surface area contributed by atoms with E-state index < -0.39 is 26.5 Å². The van der Waals surface area contributed by atoms with Crippen molar-refractivity contribution in [1.82, 2.24) is 0 Å². The lowest BCUT2D eigenvalue weighted by atomic mass is 10.2. The van der Waals surface area contributed by atoms with Gasteiger partial charge in [-0.15, -0.1) is 0 Å². The molecule has 0 aromatic heterocycles. The van der Waals surface area contributed by atoms with Crippen molar-refractivity contribution in [1.29, 1.82) is 0 Å². The van der Waals surface area contributed by atoms with E-state index >= 15 is 0 Å². The Kier molecular flexibility index (Phi) is 2.99. The molecule has 1 aromatic rings. The van der Waals surface area contributed by atoms with Crippen LogP contribution in [0.25, 0.3) is 0 Å². The smallest absolute Gasteiger partial charge is 0.337 e. The molecule has 0 aliphatic heterocycles. The number of aromatic carboxylic acids is 1. The summed E-state index contributed by atoms with van der Waals surface area (Å²) in [5.41, 5.74) is -0.434. The van der Waals surface area contributed by atoms with E-state index in [4.69, 9.17) is 5.11 Å². The van der Waals surface area contributed by atoms with Gasteiger partial charge < -0.3 is 5.11 Å². The van der Waals surface area contributed by atoms with Gasteiger partial charge in [-0.05, 0) is 12.1 Å². The molecule has 0 spiro atoms. The third kappa shape index (κ3) is 2.28. The average Bonchev–Trinajstić information content (AvgIpc) is 2.17. The predicted molar refractivity (Wildman–Crippen MR) is 48.7 cm³/mol. The molecule has 0 atom stereocenters. The second-order valence-electron chi connectivity index (χ2n) is 2.46. The molecule has 0 heterocycles. The second kappa shape index (κ2) is 4.04. The zero-order valence-electron chi connectivity index (χ0n) is 7.25. The summed E-state index contributed by atoms with van der Waals surface area (Å²) in [5.74, 6) is -1.41. The lowest BCUT2D eigenvalue weighted by Crippen LogP contribution is -2.06. The summed E-state index contributed by atoms with van der Waals surface area (Å²) < 4.78 is 25.1. The molecule has 0 saturated heterocycles. The SMILES string of the molecule is O=C=NS(=O)(=O)c1ccccc1C(=O)O. The lowest BCUT2D eigenvalue weighted by Gasteiger charge is -2.00. The minimum atomic E-state index is -4.27. The lowest BCUT2D eigenvalue weighted by molar-refractivity contribution is 0.0692. The van der Waals surface area contributed by atoms with Crippen molar-refractivity contribution in [2.75, 3.05) is 0 Å². The van der Waals surface area contributed by atoms with E-state index in [1.54, 1.807) is 0 Å². The van der Waals surface area contributed by atoms with Gasteiger partial charge in [-0.2, -0.15) is 8.42 Å². The molecule has 1 aromatic carbocycles. The van der Waals surface area contributed by atoms with E-state index in [9.17, 15) is 18.0 Å². The first-order chi connectivity index (χ1) is 6.99. The van der Waals surface area contributed by atoms with Gasteiger partial charge in [-0.1, -0.05) is 16.5 Å². The number of carbonyl (C=O) groups is 1. The summed E-state index contributed by atoms with van der Waals surface area (Å²) in [6, 6.07) is 4.86. The zero-order valence-corrected chi connectivity index (χ0v) is 8.06. The fourth-order valence-electron chi connectivity index (χ4n) is 0.967. The molecule has 0 saturated carbocycles.